The maximum atomic E-state index is 15.3. The number of carbonyl (C=O) groups excluding carboxylic acids is 3. The van der Waals surface area contributed by atoms with E-state index in [1.165, 1.54) is 34.7 Å². The third-order valence-electron chi connectivity index (χ3n) is 16.1. The molecule has 0 bridgehead atoms. The molecule has 2 N–H and O–H groups in total. The monoisotopic (exact) mass is 949 g/mol. The van der Waals surface area contributed by atoms with Crippen molar-refractivity contribution in [3.05, 3.63) is 108 Å². The number of piperazine rings is 1. The number of carbonyl (C=O) groups is 3. The highest BCUT2D eigenvalue weighted by Crippen LogP contribution is 2.38. The van der Waals surface area contributed by atoms with Gasteiger partial charge in [-0.2, -0.15) is 5.10 Å². The second-order valence-electron chi connectivity index (χ2n) is 20.4. The Hall–Kier alpha value is -6.16. The molecule has 0 spiro atoms. The van der Waals surface area contributed by atoms with Crippen molar-refractivity contribution in [2.45, 2.75) is 88.9 Å². The molecular formula is C55H65FN10O4. The van der Waals surface area contributed by atoms with Crippen LogP contribution in [0.1, 0.15) is 105 Å². The van der Waals surface area contributed by atoms with E-state index in [9.17, 15) is 14.4 Å². The standard InChI is InChI=1S/C55H65FN10O4/c1-36(50-33-45-44(16-21-57-53(45)61(50)2)41-10-13-48-42(31-41)34-58-66(48)52-5-3-4-30-70-52)63-24-19-39(20-25-63)38-6-8-40(9-7-38)55(69)65-22-17-37(18-23-65)35-62-26-28-64(29-27-62)49-14-11-43(32-46(49)56)59-47-12-15-51(67)60-54(47)68/h6-11,13-14,16,21,31-34,36-37,39,47,52,59H,3-5,12,15,17-20,22-30,35H2,1-2H3,(H,60,67,68)/t36-,47?,52?/m0/s1. The first-order chi connectivity index (χ1) is 34.1. The van der Waals surface area contributed by atoms with Gasteiger partial charge in [0.15, 0.2) is 6.23 Å². The zero-order chi connectivity index (χ0) is 47.9. The summed E-state index contributed by atoms with van der Waals surface area (Å²) in [6, 6.07) is 24.3. The summed E-state index contributed by atoms with van der Waals surface area (Å²) in [5, 5.41) is 12.4. The fourth-order valence-corrected chi connectivity index (χ4v) is 11.9. The van der Waals surface area contributed by atoms with Crippen molar-refractivity contribution in [2.24, 2.45) is 13.0 Å². The summed E-state index contributed by atoms with van der Waals surface area (Å²) in [6.07, 6.45) is 11.9. The summed E-state index contributed by atoms with van der Waals surface area (Å²) in [6.45, 7) is 10.8. The number of likely N-dealkylation sites (tertiary alicyclic amines) is 2. The molecule has 366 valence electrons. The van der Waals surface area contributed by atoms with Crippen molar-refractivity contribution in [1.82, 2.24) is 39.3 Å². The number of nitrogens with zero attached hydrogens (tertiary/aromatic N) is 8. The normalized spacial score (nSPS) is 21.9. The maximum Gasteiger partial charge on any atom is 0.253 e. The van der Waals surface area contributed by atoms with Crippen molar-refractivity contribution in [1.29, 1.82) is 0 Å². The molecule has 3 aromatic carbocycles. The van der Waals surface area contributed by atoms with E-state index < -0.39 is 6.04 Å². The van der Waals surface area contributed by atoms with Gasteiger partial charge in [-0.15, -0.1) is 0 Å². The van der Waals surface area contributed by atoms with Crippen LogP contribution in [0.5, 0.6) is 0 Å². The van der Waals surface area contributed by atoms with Crippen molar-refractivity contribution in [2.75, 3.05) is 75.7 Å². The molecule has 5 fully saturated rings. The number of imide groups is 1. The molecule has 0 radical (unpaired) electrons. The molecule has 14 nitrogen and oxygen atoms in total. The fourth-order valence-electron chi connectivity index (χ4n) is 11.9. The molecule has 0 aliphatic carbocycles. The van der Waals surface area contributed by atoms with Crippen LogP contribution in [0.15, 0.2) is 85.2 Å². The smallest absolute Gasteiger partial charge is 0.253 e. The lowest BCUT2D eigenvalue weighted by molar-refractivity contribution is -0.133. The van der Waals surface area contributed by atoms with Crippen LogP contribution in [0, 0.1) is 11.7 Å². The summed E-state index contributed by atoms with van der Waals surface area (Å²) in [5.74, 6) is 0.134. The van der Waals surface area contributed by atoms with Gasteiger partial charge in [0.05, 0.1) is 17.4 Å². The average Bonchev–Trinajstić information content (AvgIpc) is 3.98. The van der Waals surface area contributed by atoms with E-state index in [1.807, 2.05) is 34.1 Å². The third-order valence-corrected chi connectivity index (χ3v) is 16.1. The van der Waals surface area contributed by atoms with E-state index in [4.69, 9.17) is 14.8 Å². The predicted molar refractivity (Wildman–Crippen MR) is 270 cm³/mol. The molecule has 70 heavy (non-hydrogen) atoms. The highest BCUT2D eigenvalue weighted by atomic mass is 19.1. The van der Waals surface area contributed by atoms with Gasteiger partial charge >= 0.3 is 0 Å². The Morgan fingerprint density at radius 2 is 1.67 bits per heavy atom. The molecule has 3 aromatic heterocycles. The number of piperidine rings is 3. The van der Waals surface area contributed by atoms with E-state index in [0.717, 1.165) is 132 Å². The molecular weight excluding hydrogens is 884 g/mol. The number of aryl methyl sites for hydroxylation is 1. The van der Waals surface area contributed by atoms with Crippen LogP contribution in [0.4, 0.5) is 15.8 Å². The average molecular weight is 949 g/mol. The Balaban J connectivity index is 0.638. The fraction of sp³-hybridized carbons (Fsp3) is 0.473. The van der Waals surface area contributed by atoms with Gasteiger partial charge in [-0.25, -0.2) is 14.1 Å². The van der Waals surface area contributed by atoms with E-state index in [0.29, 0.717) is 29.6 Å². The van der Waals surface area contributed by atoms with Gasteiger partial charge in [-0.1, -0.05) is 18.2 Å². The number of pyridine rings is 1. The van der Waals surface area contributed by atoms with Crippen LogP contribution in [-0.2, 0) is 21.4 Å². The van der Waals surface area contributed by atoms with E-state index in [2.05, 4.69) is 86.3 Å². The number of amides is 3. The largest absolute Gasteiger partial charge is 0.374 e. The highest BCUT2D eigenvalue weighted by molar-refractivity contribution is 6.01. The van der Waals surface area contributed by atoms with Gasteiger partial charge in [-0.05, 0) is 155 Å². The summed E-state index contributed by atoms with van der Waals surface area (Å²) in [5.41, 5.74) is 8.89. The highest BCUT2D eigenvalue weighted by Gasteiger charge is 2.31. The number of ether oxygens (including phenoxy) is 1. The minimum absolute atomic E-state index is 0.00840. The van der Waals surface area contributed by atoms with Crippen LogP contribution in [0.3, 0.4) is 0 Å². The number of rotatable bonds is 11. The van der Waals surface area contributed by atoms with Gasteiger partial charge in [0.2, 0.25) is 11.8 Å². The molecule has 15 heteroatoms. The molecule has 5 saturated heterocycles. The van der Waals surface area contributed by atoms with Crippen LogP contribution >= 0.6 is 0 Å². The number of halogens is 1. The van der Waals surface area contributed by atoms with Crippen LogP contribution in [-0.4, -0.2) is 123 Å². The molecule has 6 aromatic rings. The zero-order valence-corrected chi connectivity index (χ0v) is 40.5. The lowest BCUT2D eigenvalue weighted by Crippen LogP contribution is -2.49. The first kappa shape index (κ1) is 46.2. The number of hydrogen-bond donors (Lipinski definition) is 2. The van der Waals surface area contributed by atoms with Crippen molar-refractivity contribution in [3.8, 4) is 11.1 Å². The molecule has 11 rings (SSSR count). The van der Waals surface area contributed by atoms with Gasteiger partial charge in [0.1, 0.15) is 17.5 Å². The molecule has 2 unspecified atom stereocenters. The first-order valence-electron chi connectivity index (χ1n) is 25.7. The predicted octanol–water partition coefficient (Wildman–Crippen LogP) is 8.26. The molecule has 3 atom stereocenters. The quantitative estimate of drug-likeness (QED) is 0.122. The summed E-state index contributed by atoms with van der Waals surface area (Å²) in [7, 11) is 2.14. The number of nitrogens with one attached hydrogen (secondary N) is 2. The van der Waals surface area contributed by atoms with Gasteiger partial charge < -0.3 is 24.4 Å². The van der Waals surface area contributed by atoms with E-state index >= 15 is 4.39 Å². The van der Waals surface area contributed by atoms with Gasteiger partial charge in [-0.3, -0.25) is 29.5 Å². The topological polar surface area (TPSA) is 133 Å². The van der Waals surface area contributed by atoms with Crippen LogP contribution < -0.4 is 15.5 Å². The summed E-state index contributed by atoms with van der Waals surface area (Å²) in [4.78, 5) is 51.4. The van der Waals surface area contributed by atoms with Gasteiger partial charge in [0.25, 0.3) is 5.91 Å². The maximum absolute atomic E-state index is 15.3. The lowest BCUT2D eigenvalue weighted by Gasteiger charge is -2.39. The van der Waals surface area contributed by atoms with Crippen molar-refractivity contribution < 1.29 is 23.5 Å². The van der Waals surface area contributed by atoms with Crippen molar-refractivity contribution >= 4 is 51.0 Å². The first-order valence-corrected chi connectivity index (χ1v) is 25.7. The number of aromatic nitrogens is 4. The number of benzene rings is 3. The third kappa shape index (κ3) is 9.43. The lowest BCUT2D eigenvalue weighted by atomic mass is 9.88. The van der Waals surface area contributed by atoms with Crippen molar-refractivity contribution in [3.63, 3.8) is 0 Å². The second-order valence-corrected chi connectivity index (χ2v) is 20.4. The SMILES string of the molecule is C[C@@H](c1cc2c(-c3ccc4c(cnn4C4CCCCO4)c3)ccnc2n1C)N1CCC(c2ccc(C(=O)N3CCC(CN4CCN(c5ccc(NC6CCC(=O)NC6=O)cc5F)CC4)CC3)cc2)CC1. The Morgan fingerprint density at radius 1 is 0.871 bits per heavy atom. The van der Waals surface area contributed by atoms with E-state index in [1.54, 1.807) is 12.1 Å². The Labute approximate surface area is 409 Å². The van der Waals surface area contributed by atoms with E-state index in [-0.39, 0.29) is 42.2 Å². The minimum Gasteiger partial charge on any atom is -0.374 e. The Kier molecular flexibility index (Phi) is 13.2. The second kappa shape index (κ2) is 19.9. The van der Waals surface area contributed by atoms with Gasteiger partial charge in [0, 0.05) is 106 Å². The summed E-state index contributed by atoms with van der Waals surface area (Å²) >= 11 is 0. The number of anilines is 2. The molecule has 8 heterocycles. The molecule has 5 aliphatic rings. The van der Waals surface area contributed by atoms with Crippen LogP contribution in [0.25, 0.3) is 33.1 Å². The molecule has 5 aliphatic heterocycles. The zero-order valence-electron chi connectivity index (χ0n) is 40.5. The number of fused-ring (bicyclic) bond motifs is 2. The summed E-state index contributed by atoms with van der Waals surface area (Å²) < 4.78 is 25.7. The van der Waals surface area contributed by atoms with Crippen LogP contribution in [0.2, 0.25) is 0 Å². The Bertz CT molecular complexity index is 2870. The Morgan fingerprint density at radius 3 is 2.41 bits per heavy atom. The molecule has 0 saturated carbocycles. The minimum atomic E-state index is -0.551. The number of hydrogen-bond acceptors (Lipinski definition) is 10. The molecule has 3 amide bonds.